The van der Waals surface area contributed by atoms with Gasteiger partial charge in [0.15, 0.2) is 0 Å². The number of piperazine rings is 1. The van der Waals surface area contributed by atoms with Crippen LogP contribution in [0.4, 0.5) is 0 Å². The molecule has 3 aliphatic rings. The van der Waals surface area contributed by atoms with Gasteiger partial charge in [-0.05, 0) is 43.6 Å². The fourth-order valence-corrected chi connectivity index (χ4v) is 3.66. The van der Waals surface area contributed by atoms with Gasteiger partial charge in [-0.3, -0.25) is 4.90 Å². The van der Waals surface area contributed by atoms with E-state index in [0.717, 1.165) is 36.5 Å². The first-order chi connectivity index (χ1) is 10.3. The van der Waals surface area contributed by atoms with Crippen molar-refractivity contribution >= 4 is 0 Å². The van der Waals surface area contributed by atoms with Crippen LogP contribution in [0.25, 0.3) is 0 Å². The number of hydrogen-bond donors (Lipinski definition) is 1. The predicted octanol–water partition coefficient (Wildman–Crippen LogP) is 2.05. The molecule has 2 atom stereocenters. The molecule has 2 heterocycles. The Morgan fingerprint density at radius 2 is 2.05 bits per heavy atom. The molecule has 2 saturated carbocycles. The van der Waals surface area contributed by atoms with E-state index in [1.54, 1.807) is 7.11 Å². The van der Waals surface area contributed by atoms with E-state index >= 15 is 0 Å². The highest BCUT2D eigenvalue weighted by molar-refractivity contribution is 5.16. The Kier molecular flexibility index (Phi) is 3.59. The molecule has 1 aliphatic heterocycles. The van der Waals surface area contributed by atoms with Crippen LogP contribution in [-0.2, 0) is 6.54 Å². The Morgan fingerprint density at radius 3 is 2.76 bits per heavy atom. The van der Waals surface area contributed by atoms with Gasteiger partial charge in [0.05, 0.1) is 12.8 Å². The zero-order valence-corrected chi connectivity index (χ0v) is 12.8. The molecule has 1 aromatic heterocycles. The highest BCUT2D eigenvalue weighted by atomic mass is 16.5. The van der Waals surface area contributed by atoms with E-state index in [1.807, 2.05) is 12.1 Å². The maximum absolute atomic E-state index is 5.26. The van der Waals surface area contributed by atoms with Crippen molar-refractivity contribution < 1.29 is 4.74 Å². The van der Waals surface area contributed by atoms with Crippen molar-refractivity contribution in [2.45, 2.75) is 44.3 Å². The molecule has 1 aromatic rings. The minimum absolute atomic E-state index is 0.700. The summed E-state index contributed by atoms with van der Waals surface area (Å²) in [6.07, 6.45) is 5.64. The van der Waals surface area contributed by atoms with Crippen molar-refractivity contribution in [2.75, 3.05) is 20.2 Å². The van der Waals surface area contributed by atoms with Gasteiger partial charge in [0.2, 0.25) is 5.88 Å². The SMILES string of the molecule is COc1cccc(CN2CC(C3CC3)NCC2C2CC2)n1. The van der Waals surface area contributed by atoms with Crippen molar-refractivity contribution in [3.8, 4) is 5.88 Å². The van der Waals surface area contributed by atoms with E-state index in [2.05, 4.69) is 21.3 Å². The van der Waals surface area contributed by atoms with Gasteiger partial charge in [-0.25, -0.2) is 4.98 Å². The van der Waals surface area contributed by atoms with Crippen LogP contribution in [0.5, 0.6) is 5.88 Å². The van der Waals surface area contributed by atoms with Crippen LogP contribution in [0, 0.1) is 11.8 Å². The lowest BCUT2D eigenvalue weighted by atomic mass is 10.0. The number of methoxy groups -OCH3 is 1. The van der Waals surface area contributed by atoms with Gasteiger partial charge in [-0.1, -0.05) is 6.07 Å². The van der Waals surface area contributed by atoms with Crippen LogP contribution >= 0.6 is 0 Å². The highest BCUT2D eigenvalue weighted by Gasteiger charge is 2.42. The third kappa shape index (κ3) is 3.06. The number of nitrogens with zero attached hydrogens (tertiary/aromatic N) is 2. The quantitative estimate of drug-likeness (QED) is 0.899. The maximum atomic E-state index is 5.26. The molecule has 0 amide bonds. The predicted molar refractivity (Wildman–Crippen MR) is 82.2 cm³/mol. The average Bonchev–Trinajstić information content (AvgIpc) is 3.40. The summed E-state index contributed by atoms with van der Waals surface area (Å²) in [4.78, 5) is 7.28. The number of aromatic nitrogens is 1. The summed E-state index contributed by atoms with van der Waals surface area (Å²) in [6.45, 7) is 3.31. The molecule has 4 heteroatoms. The molecule has 1 N–H and O–H groups in total. The highest BCUT2D eigenvalue weighted by Crippen LogP contribution is 2.40. The van der Waals surface area contributed by atoms with E-state index < -0.39 is 0 Å². The summed E-state index contributed by atoms with van der Waals surface area (Å²) in [5.41, 5.74) is 1.14. The van der Waals surface area contributed by atoms with Crippen molar-refractivity contribution in [3.05, 3.63) is 23.9 Å². The Bertz CT molecular complexity index is 499. The first-order valence-electron chi connectivity index (χ1n) is 8.31. The second-order valence-corrected chi connectivity index (χ2v) is 6.86. The summed E-state index contributed by atoms with van der Waals surface area (Å²) < 4.78 is 5.26. The summed E-state index contributed by atoms with van der Waals surface area (Å²) in [6, 6.07) is 7.50. The number of pyridine rings is 1. The molecule has 21 heavy (non-hydrogen) atoms. The largest absolute Gasteiger partial charge is 0.481 e. The molecular formula is C17H25N3O. The third-order valence-corrected chi connectivity index (χ3v) is 5.20. The average molecular weight is 287 g/mol. The molecule has 2 aliphatic carbocycles. The van der Waals surface area contributed by atoms with E-state index in [4.69, 9.17) is 4.74 Å². The van der Waals surface area contributed by atoms with Crippen LogP contribution in [0.15, 0.2) is 18.2 Å². The molecule has 0 aromatic carbocycles. The minimum Gasteiger partial charge on any atom is -0.481 e. The van der Waals surface area contributed by atoms with E-state index in [-0.39, 0.29) is 0 Å². The van der Waals surface area contributed by atoms with E-state index in [1.165, 1.54) is 32.2 Å². The Balaban J connectivity index is 1.48. The van der Waals surface area contributed by atoms with Crippen molar-refractivity contribution in [3.63, 3.8) is 0 Å². The van der Waals surface area contributed by atoms with Crippen LogP contribution in [0.1, 0.15) is 31.4 Å². The fourth-order valence-electron chi connectivity index (χ4n) is 3.66. The van der Waals surface area contributed by atoms with Gasteiger partial charge in [0, 0.05) is 37.8 Å². The maximum Gasteiger partial charge on any atom is 0.213 e. The molecular weight excluding hydrogens is 262 g/mol. The lowest BCUT2D eigenvalue weighted by Gasteiger charge is -2.41. The minimum atomic E-state index is 0.700. The normalized spacial score (nSPS) is 30.3. The third-order valence-electron chi connectivity index (χ3n) is 5.20. The van der Waals surface area contributed by atoms with Crippen LogP contribution in [-0.4, -0.2) is 42.2 Å². The van der Waals surface area contributed by atoms with Crippen LogP contribution < -0.4 is 10.1 Å². The first-order valence-corrected chi connectivity index (χ1v) is 8.31. The summed E-state index contributed by atoms with van der Waals surface area (Å²) in [5, 5.41) is 3.80. The molecule has 0 radical (unpaired) electrons. The lowest BCUT2D eigenvalue weighted by Crippen LogP contribution is -2.57. The molecule has 0 bridgehead atoms. The van der Waals surface area contributed by atoms with E-state index in [9.17, 15) is 0 Å². The van der Waals surface area contributed by atoms with Crippen LogP contribution in [0.2, 0.25) is 0 Å². The number of rotatable bonds is 5. The molecule has 2 unspecified atom stereocenters. The Labute approximate surface area is 126 Å². The van der Waals surface area contributed by atoms with Crippen LogP contribution in [0.3, 0.4) is 0 Å². The lowest BCUT2D eigenvalue weighted by molar-refractivity contribution is 0.0989. The standard InChI is InChI=1S/C17H25N3O/c1-21-17-4-2-3-14(19-17)10-20-11-15(12-5-6-12)18-9-16(20)13-7-8-13/h2-4,12-13,15-16,18H,5-11H2,1H3. The van der Waals surface area contributed by atoms with Gasteiger partial charge in [0.1, 0.15) is 0 Å². The summed E-state index contributed by atoms with van der Waals surface area (Å²) >= 11 is 0. The monoisotopic (exact) mass is 287 g/mol. The molecule has 0 spiro atoms. The topological polar surface area (TPSA) is 37.4 Å². The molecule has 3 fully saturated rings. The first kappa shape index (κ1) is 13.5. The second-order valence-electron chi connectivity index (χ2n) is 6.86. The van der Waals surface area contributed by atoms with Gasteiger partial charge in [0.25, 0.3) is 0 Å². The van der Waals surface area contributed by atoms with Crippen molar-refractivity contribution in [1.82, 2.24) is 15.2 Å². The summed E-state index contributed by atoms with van der Waals surface area (Å²) in [5.74, 6) is 2.55. The van der Waals surface area contributed by atoms with E-state index in [0.29, 0.717) is 12.1 Å². The molecule has 4 nitrogen and oxygen atoms in total. The molecule has 114 valence electrons. The van der Waals surface area contributed by atoms with Gasteiger partial charge in [-0.15, -0.1) is 0 Å². The van der Waals surface area contributed by atoms with Gasteiger partial charge >= 0.3 is 0 Å². The van der Waals surface area contributed by atoms with Gasteiger partial charge in [-0.2, -0.15) is 0 Å². The Hall–Kier alpha value is -1.13. The van der Waals surface area contributed by atoms with Crippen molar-refractivity contribution in [1.29, 1.82) is 0 Å². The molecule has 1 saturated heterocycles. The smallest absolute Gasteiger partial charge is 0.213 e. The van der Waals surface area contributed by atoms with Gasteiger partial charge < -0.3 is 10.1 Å². The number of nitrogens with one attached hydrogen (secondary N) is 1. The van der Waals surface area contributed by atoms with Crippen molar-refractivity contribution in [2.24, 2.45) is 11.8 Å². The zero-order valence-electron chi connectivity index (χ0n) is 12.8. The number of ether oxygens (including phenoxy) is 1. The fraction of sp³-hybridized carbons (Fsp3) is 0.706. The number of hydrogen-bond acceptors (Lipinski definition) is 4. The zero-order chi connectivity index (χ0) is 14.2. The second kappa shape index (κ2) is 5.58. The summed E-state index contributed by atoms with van der Waals surface area (Å²) in [7, 11) is 1.69. The Morgan fingerprint density at radius 1 is 1.24 bits per heavy atom. The molecule has 4 rings (SSSR count).